The topological polar surface area (TPSA) is 44.4 Å². The van der Waals surface area contributed by atoms with Gasteiger partial charge in [-0.05, 0) is 42.4 Å². The summed E-state index contributed by atoms with van der Waals surface area (Å²) in [7, 11) is 0. The quantitative estimate of drug-likeness (QED) is 0.669. The zero-order chi connectivity index (χ0) is 20.6. The highest BCUT2D eigenvalue weighted by Gasteiger charge is 2.30. The molecule has 0 heterocycles. The van der Waals surface area contributed by atoms with Crippen LogP contribution in [0.25, 0.3) is 0 Å². The number of carbonyl (C=O) groups is 1. The lowest BCUT2D eigenvalue weighted by Gasteiger charge is -2.18. The SMILES string of the molecule is CCN(CC)Cc1cccc(CNC(=O)CNc2cccc(C(F)(F)F)c2)c1. The highest BCUT2D eigenvalue weighted by Crippen LogP contribution is 2.30. The van der Waals surface area contributed by atoms with E-state index in [1.54, 1.807) is 0 Å². The summed E-state index contributed by atoms with van der Waals surface area (Å²) in [5.41, 5.74) is 1.67. The van der Waals surface area contributed by atoms with Crippen molar-refractivity contribution in [3.05, 3.63) is 65.2 Å². The van der Waals surface area contributed by atoms with E-state index in [-0.39, 0.29) is 18.1 Å². The van der Waals surface area contributed by atoms with Gasteiger partial charge in [-0.2, -0.15) is 13.2 Å². The second-order valence-electron chi connectivity index (χ2n) is 6.49. The van der Waals surface area contributed by atoms with Gasteiger partial charge in [-0.1, -0.05) is 44.2 Å². The van der Waals surface area contributed by atoms with Gasteiger partial charge in [0.1, 0.15) is 0 Å². The first-order valence-electron chi connectivity index (χ1n) is 9.29. The van der Waals surface area contributed by atoms with Crippen LogP contribution in [0.5, 0.6) is 0 Å². The van der Waals surface area contributed by atoms with Crippen molar-refractivity contribution in [3.8, 4) is 0 Å². The fraction of sp³-hybridized carbons (Fsp3) is 0.381. The maximum absolute atomic E-state index is 12.7. The smallest absolute Gasteiger partial charge is 0.376 e. The maximum atomic E-state index is 12.7. The fourth-order valence-electron chi connectivity index (χ4n) is 2.79. The predicted octanol–water partition coefficient (Wildman–Crippen LogP) is 4.28. The minimum Gasteiger partial charge on any atom is -0.376 e. The molecule has 28 heavy (non-hydrogen) atoms. The predicted molar refractivity (Wildman–Crippen MR) is 105 cm³/mol. The van der Waals surface area contributed by atoms with Crippen molar-refractivity contribution < 1.29 is 18.0 Å². The standard InChI is InChI=1S/C21H26F3N3O/c1-3-27(4-2)15-17-8-5-7-16(11-17)13-26-20(28)14-25-19-10-6-9-18(12-19)21(22,23)24/h5-12,25H,3-4,13-15H2,1-2H3,(H,26,28). The lowest BCUT2D eigenvalue weighted by Crippen LogP contribution is -2.29. The van der Waals surface area contributed by atoms with Crippen LogP contribution in [0.2, 0.25) is 0 Å². The van der Waals surface area contributed by atoms with Gasteiger partial charge in [-0.25, -0.2) is 0 Å². The lowest BCUT2D eigenvalue weighted by molar-refractivity contribution is -0.137. The molecule has 2 aromatic carbocycles. The van der Waals surface area contributed by atoms with Gasteiger partial charge in [0.15, 0.2) is 0 Å². The molecular formula is C21H26F3N3O. The number of amides is 1. The molecule has 2 aromatic rings. The van der Waals surface area contributed by atoms with E-state index in [4.69, 9.17) is 0 Å². The second kappa shape index (κ2) is 10.1. The normalized spacial score (nSPS) is 11.5. The average Bonchev–Trinajstić information content (AvgIpc) is 2.69. The number of benzene rings is 2. The number of carbonyl (C=O) groups excluding carboxylic acids is 1. The zero-order valence-corrected chi connectivity index (χ0v) is 16.1. The molecule has 0 saturated carbocycles. The molecule has 2 rings (SSSR count). The van der Waals surface area contributed by atoms with Crippen LogP contribution in [0.15, 0.2) is 48.5 Å². The van der Waals surface area contributed by atoms with Gasteiger partial charge in [-0.3, -0.25) is 9.69 Å². The summed E-state index contributed by atoms with van der Waals surface area (Å²) < 4.78 is 38.2. The van der Waals surface area contributed by atoms with Crippen LogP contribution in [-0.4, -0.2) is 30.4 Å². The molecule has 0 fully saturated rings. The van der Waals surface area contributed by atoms with Crippen molar-refractivity contribution in [1.29, 1.82) is 0 Å². The number of nitrogens with zero attached hydrogens (tertiary/aromatic N) is 1. The van der Waals surface area contributed by atoms with Gasteiger partial charge in [0, 0.05) is 18.8 Å². The van der Waals surface area contributed by atoms with Crippen LogP contribution in [0.1, 0.15) is 30.5 Å². The van der Waals surface area contributed by atoms with Crippen molar-refractivity contribution in [1.82, 2.24) is 10.2 Å². The average molecular weight is 393 g/mol. The molecule has 152 valence electrons. The van der Waals surface area contributed by atoms with Crippen molar-refractivity contribution in [2.45, 2.75) is 33.1 Å². The Morgan fingerprint density at radius 1 is 1.00 bits per heavy atom. The fourth-order valence-corrected chi connectivity index (χ4v) is 2.79. The molecule has 7 heteroatoms. The monoisotopic (exact) mass is 393 g/mol. The lowest BCUT2D eigenvalue weighted by atomic mass is 10.1. The summed E-state index contributed by atoms with van der Waals surface area (Å²) in [5, 5.41) is 5.51. The first-order valence-corrected chi connectivity index (χ1v) is 9.29. The number of rotatable bonds is 9. The Balaban J connectivity index is 1.84. The Morgan fingerprint density at radius 3 is 2.36 bits per heavy atom. The maximum Gasteiger partial charge on any atom is 0.416 e. The van der Waals surface area contributed by atoms with E-state index < -0.39 is 11.7 Å². The van der Waals surface area contributed by atoms with Crippen LogP contribution in [0.4, 0.5) is 18.9 Å². The highest BCUT2D eigenvalue weighted by atomic mass is 19.4. The molecule has 0 aromatic heterocycles. The summed E-state index contributed by atoms with van der Waals surface area (Å²) >= 11 is 0. The molecule has 2 N–H and O–H groups in total. The Labute approximate surface area is 163 Å². The molecule has 0 radical (unpaired) electrons. The number of anilines is 1. The summed E-state index contributed by atoms with van der Waals surface area (Å²) in [4.78, 5) is 14.3. The number of hydrogen-bond donors (Lipinski definition) is 2. The van der Waals surface area contributed by atoms with E-state index in [0.717, 1.165) is 37.3 Å². The minimum atomic E-state index is -4.41. The number of nitrogens with one attached hydrogen (secondary N) is 2. The third-order valence-electron chi connectivity index (χ3n) is 4.42. The Kier molecular flexibility index (Phi) is 7.87. The highest BCUT2D eigenvalue weighted by molar-refractivity contribution is 5.80. The van der Waals surface area contributed by atoms with Gasteiger partial charge in [0.2, 0.25) is 5.91 Å². The molecule has 0 aliphatic heterocycles. The van der Waals surface area contributed by atoms with Crippen LogP contribution in [0.3, 0.4) is 0 Å². The van der Waals surface area contributed by atoms with Gasteiger partial charge < -0.3 is 10.6 Å². The summed E-state index contributed by atoms with van der Waals surface area (Å²) in [6.07, 6.45) is -4.41. The van der Waals surface area contributed by atoms with E-state index >= 15 is 0 Å². The summed E-state index contributed by atoms with van der Waals surface area (Å²) in [6, 6.07) is 12.8. The van der Waals surface area contributed by atoms with Crippen molar-refractivity contribution in [3.63, 3.8) is 0 Å². The third kappa shape index (κ3) is 6.88. The molecule has 0 aliphatic rings. The molecule has 0 unspecified atom stereocenters. The first kappa shape index (κ1) is 21.8. The molecule has 0 aliphatic carbocycles. The molecule has 1 amide bonds. The van der Waals surface area contributed by atoms with E-state index in [0.29, 0.717) is 6.54 Å². The second-order valence-corrected chi connectivity index (χ2v) is 6.49. The number of halogens is 3. The van der Waals surface area contributed by atoms with Gasteiger partial charge in [0.25, 0.3) is 0 Å². The molecule has 0 spiro atoms. The van der Waals surface area contributed by atoms with Crippen molar-refractivity contribution in [2.24, 2.45) is 0 Å². The summed E-state index contributed by atoms with van der Waals surface area (Å²) in [6.45, 7) is 7.30. The molecule has 4 nitrogen and oxygen atoms in total. The van der Waals surface area contributed by atoms with Crippen molar-refractivity contribution in [2.75, 3.05) is 25.0 Å². The number of alkyl halides is 3. The molecule has 0 atom stereocenters. The van der Waals surface area contributed by atoms with E-state index in [9.17, 15) is 18.0 Å². The van der Waals surface area contributed by atoms with Gasteiger partial charge >= 0.3 is 6.18 Å². The van der Waals surface area contributed by atoms with Crippen molar-refractivity contribution >= 4 is 11.6 Å². The van der Waals surface area contributed by atoms with Crippen LogP contribution in [0, 0.1) is 0 Å². The molecule has 0 saturated heterocycles. The largest absolute Gasteiger partial charge is 0.416 e. The van der Waals surface area contributed by atoms with E-state index in [1.165, 1.54) is 17.7 Å². The third-order valence-corrected chi connectivity index (χ3v) is 4.42. The summed E-state index contributed by atoms with van der Waals surface area (Å²) in [5.74, 6) is -0.286. The minimum absolute atomic E-state index is 0.0968. The van der Waals surface area contributed by atoms with E-state index in [1.807, 2.05) is 12.1 Å². The number of hydrogen-bond acceptors (Lipinski definition) is 3. The van der Waals surface area contributed by atoms with Gasteiger partial charge in [0.05, 0.1) is 12.1 Å². The molecule has 0 bridgehead atoms. The Morgan fingerprint density at radius 2 is 1.68 bits per heavy atom. The van der Waals surface area contributed by atoms with Crippen LogP contribution in [-0.2, 0) is 24.1 Å². The van der Waals surface area contributed by atoms with Gasteiger partial charge in [-0.15, -0.1) is 0 Å². The Hall–Kier alpha value is -2.54. The first-order chi connectivity index (χ1) is 13.3. The van der Waals surface area contributed by atoms with Crippen LogP contribution < -0.4 is 10.6 Å². The van der Waals surface area contributed by atoms with Crippen LogP contribution >= 0.6 is 0 Å². The zero-order valence-electron chi connectivity index (χ0n) is 16.1. The molecular weight excluding hydrogens is 367 g/mol. The Bertz CT molecular complexity index is 773. The van der Waals surface area contributed by atoms with E-state index in [2.05, 4.69) is 41.5 Å².